The van der Waals surface area contributed by atoms with Crippen molar-refractivity contribution in [3.63, 3.8) is 0 Å². The van der Waals surface area contributed by atoms with Gasteiger partial charge in [-0.15, -0.1) is 11.3 Å². The van der Waals surface area contributed by atoms with Crippen molar-refractivity contribution in [2.45, 2.75) is 33.4 Å². The largest absolute Gasteiger partial charge is 0.361 e. The van der Waals surface area contributed by atoms with Crippen LogP contribution in [0.4, 0.5) is 0 Å². The molecule has 0 aliphatic carbocycles. The number of nitrogens with one attached hydrogen (secondary N) is 1. The Labute approximate surface area is 110 Å². The summed E-state index contributed by atoms with van der Waals surface area (Å²) in [5.41, 5.74) is 2.10. The highest BCUT2D eigenvalue weighted by molar-refractivity contribution is 7.16. The first-order chi connectivity index (χ1) is 8.08. The van der Waals surface area contributed by atoms with E-state index in [1.165, 1.54) is 4.88 Å². The van der Waals surface area contributed by atoms with E-state index in [0.29, 0.717) is 0 Å². The van der Waals surface area contributed by atoms with Crippen molar-refractivity contribution in [1.82, 2.24) is 10.5 Å². The molecule has 1 unspecified atom stereocenters. The van der Waals surface area contributed by atoms with Crippen molar-refractivity contribution >= 4 is 22.9 Å². The van der Waals surface area contributed by atoms with Gasteiger partial charge in [0.1, 0.15) is 5.76 Å². The average molecular weight is 271 g/mol. The summed E-state index contributed by atoms with van der Waals surface area (Å²) in [5.74, 6) is 0.881. The number of hydrogen-bond acceptors (Lipinski definition) is 4. The first-order valence-corrected chi connectivity index (χ1v) is 6.67. The zero-order valence-electron chi connectivity index (χ0n) is 10.1. The van der Waals surface area contributed by atoms with Gasteiger partial charge < -0.3 is 9.84 Å². The average Bonchev–Trinajstić information content (AvgIpc) is 2.83. The molecule has 0 saturated heterocycles. The van der Waals surface area contributed by atoms with Crippen molar-refractivity contribution < 1.29 is 4.52 Å². The summed E-state index contributed by atoms with van der Waals surface area (Å²) in [7, 11) is 0. The summed E-state index contributed by atoms with van der Waals surface area (Å²) in [6, 6.07) is 4.19. The Morgan fingerprint density at radius 3 is 2.76 bits per heavy atom. The van der Waals surface area contributed by atoms with Crippen molar-refractivity contribution in [2.75, 3.05) is 0 Å². The minimum Gasteiger partial charge on any atom is -0.361 e. The van der Waals surface area contributed by atoms with Crippen LogP contribution in [-0.4, -0.2) is 5.16 Å². The van der Waals surface area contributed by atoms with E-state index >= 15 is 0 Å². The zero-order chi connectivity index (χ0) is 12.4. The van der Waals surface area contributed by atoms with Crippen LogP contribution in [0.3, 0.4) is 0 Å². The van der Waals surface area contributed by atoms with Crippen molar-refractivity contribution in [3.05, 3.63) is 38.4 Å². The molecule has 0 aromatic carbocycles. The number of halogens is 1. The molecule has 1 atom stereocenters. The third-order valence-corrected chi connectivity index (χ3v) is 3.96. The maximum atomic E-state index is 5.89. The SMILES string of the molecule is Cc1noc(C)c1C(C)NCc1ccc(Cl)s1. The molecule has 0 aliphatic heterocycles. The van der Waals surface area contributed by atoms with Crippen LogP contribution in [0.15, 0.2) is 16.7 Å². The molecule has 0 amide bonds. The molecule has 2 heterocycles. The van der Waals surface area contributed by atoms with Crippen molar-refractivity contribution in [2.24, 2.45) is 0 Å². The Balaban J connectivity index is 2.00. The highest BCUT2D eigenvalue weighted by atomic mass is 35.5. The summed E-state index contributed by atoms with van der Waals surface area (Å²) in [6.45, 7) is 6.83. The Kier molecular flexibility index (Phi) is 3.86. The Morgan fingerprint density at radius 1 is 1.47 bits per heavy atom. The van der Waals surface area contributed by atoms with Gasteiger partial charge >= 0.3 is 0 Å². The summed E-state index contributed by atoms with van der Waals surface area (Å²) >= 11 is 7.49. The van der Waals surface area contributed by atoms with E-state index in [1.807, 2.05) is 26.0 Å². The van der Waals surface area contributed by atoms with Gasteiger partial charge in [0.15, 0.2) is 0 Å². The van der Waals surface area contributed by atoms with Gasteiger partial charge in [-0.25, -0.2) is 0 Å². The predicted octanol–water partition coefficient (Wildman–Crippen LogP) is 3.86. The molecule has 5 heteroatoms. The fraction of sp³-hybridized carbons (Fsp3) is 0.417. The molecular formula is C12H15ClN2OS. The fourth-order valence-electron chi connectivity index (χ4n) is 1.91. The second kappa shape index (κ2) is 5.21. The molecule has 0 bridgehead atoms. The molecule has 92 valence electrons. The predicted molar refractivity (Wildman–Crippen MR) is 70.6 cm³/mol. The quantitative estimate of drug-likeness (QED) is 0.917. The van der Waals surface area contributed by atoms with Gasteiger partial charge in [0, 0.05) is 23.0 Å². The van der Waals surface area contributed by atoms with Gasteiger partial charge in [-0.1, -0.05) is 16.8 Å². The van der Waals surface area contributed by atoms with Crippen LogP contribution in [-0.2, 0) is 6.54 Å². The summed E-state index contributed by atoms with van der Waals surface area (Å²) in [5, 5.41) is 7.41. The van der Waals surface area contributed by atoms with Crippen molar-refractivity contribution in [1.29, 1.82) is 0 Å². The van der Waals surface area contributed by atoms with Gasteiger partial charge in [-0.2, -0.15) is 0 Å². The molecule has 2 aromatic heterocycles. The molecule has 2 rings (SSSR count). The summed E-state index contributed by atoms with van der Waals surface area (Å²) in [4.78, 5) is 1.23. The number of aryl methyl sites for hydroxylation is 2. The van der Waals surface area contributed by atoms with Crippen LogP contribution in [0.2, 0.25) is 4.34 Å². The number of thiophene rings is 1. The van der Waals surface area contributed by atoms with Gasteiger partial charge in [0.2, 0.25) is 0 Å². The van der Waals surface area contributed by atoms with Crippen LogP contribution < -0.4 is 5.32 Å². The minimum absolute atomic E-state index is 0.224. The van der Waals surface area contributed by atoms with E-state index in [9.17, 15) is 0 Å². The van der Waals surface area contributed by atoms with Gasteiger partial charge in [0.25, 0.3) is 0 Å². The second-order valence-electron chi connectivity index (χ2n) is 4.05. The van der Waals surface area contributed by atoms with E-state index in [2.05, 4.69) is 17.4 Å². The lowest BCUT2D eigenvalue weighted by Crippen LogP contribution is -2.18. The lowest BCUT2D eigenvalue weighted by molar-refractivity contribution is 0.390. The summed E-state index contributed by atoms with van der Waals surface area (Å²) in [6.07, 6.45) is 0. The van der Waals surface area contributed by atoms with Gasteiger partial charge in [0.05, 0.1) is 10.0 Å². The lowest BCUT2D eigenvalue weighted by Gasteiger charge is -2.12. The Bertz CT molecular complexity index is 487. The molecular weight excluding hydrogens is 256 g/mol. The fourth-order valence-corrected chi connectivity index (χ4v) is 2.95. The third kappa shape index (κ3) is 2.89. The highest BCUT2D eigenvalue weighted by Crippen LogP contribution is 2.24. The highest BCUT2D eigenvalue weighted by Gasteiger charge is 2.15. The van der Waals surface area contributed by atoms with Gasteiger partial charge in [-0.05, 0) is 32.9 Å². The van der Waals surface area contributed by atoms with Gasteiger partial charge in [-0.3, -0.25) is 0 Å². The second-order valence-corrected chi connectivity index (χ2v) is 5.85. The molecule has 0 spiro atoms. The Morgan fingerprint density at radius 2 is 2.24 bits per heavy atom. The number of nitrogens with zero attached hydrogens (tertiary/aromatic N) is 1. The number of hydrogen-bond donors (Lipinski definition) is 1. The topological polar surface area (TPSA) is 38.1 Å². The smallest absolute Gasteiger partial charge is 0.138 e. The van der Waals surface area contributed by atoms with Crippen LogP contribution >= 0.6 is 22.9 Å². The minimum atomic E-state index is 0.224. The molecule has 2 aromatic rings. The van der Waals surface area contributed by atoms with Crippen LogP contribution in [0.5, 0.6) is 0 Å². The number of rotatable bonds is 4. The van der Waals surface area contributed by atoms with Crippen LogP contribution in [0.25, 0.3) is 0 Å². The van der Waals surface area contributed by atoms with Crippen LogP contribution in [0.1, 0.15) is 34.9 Å². The van der Waals surface area contributed by atoms with E-state index in [1.54, 1.807) is 11.3 Å². The Hall–Kier alpha value is -0.840. The normalized spacial score (nSPS) is 12.9. The standard InChI is InChI=1S/C12H15ClN2OS/c1-7(12-8(2)15-16-9(12)3)14-6-10-4-5-11(13)17-10/h4-5,7,14H,6H2,1-3H3. The first-order valence-electron chi connectivity index (χ1n) is 5.48. The molecule has 3 nitrogen and oxygen atoms in total. The molecule has 0 saturated carbocycles. The molecule has 1 N–H and O–H groups in total. The third-order valence-electron chi connectivity index (χ3n) is 2.73. The number of aromatic nitrogens is 1. The van der Waals surface area contributed by atoms with E-state index in [-0.39, 0.29) is 6.04 Å². The molecule has 0 aliphatic rings. The molecule has 0 radical (unpaired) electrons. The monoisotopic (exact) mass is 270 g/mol. The van der Waals surface area contributed by atoms with Crippen molar-refractivity contribution in [3.8, 4) is 0 Å². The van der Waals surface area contributed by atoms with E-state index in [4.69, 9.17) is 16.1 Å². The summed E-state index contributed by atoms with van der Waals surface area (Å²) < 4.78 is 5.99. The maximum Gasteiger partial charge on any atom is 0.138 e. The molecule has 17 heavy (non-hydrogen) atoms. The zero-order valence-corrected chi connectivity index (χ0v) is 11.7. The van der Waals surface area contributed by atoms with E-state index < -0.39 is 0 Å². The lowest BCUT2D eigenvalue weighted by atomic mass is 10.1. The van der Waals surface area contributed by atoms with Crippen LogP contribution in [0, 0.1) is 13.8 Å². The maximum absolute atomic E-state index is 5.89. The first kappa shape index (κ1) is 12.6. The van der Waals surface area contributed by atoms with E-state index in [0.717, 1.165) is 27.9 Å². The molecule has 0 fully saturated rings.